The molecule has 3 rings (SSSR count). The molecule has 2 aromatic rings. The largest absolute Gasteiger partial charge is 0.477 e. The normalized spacial score (nSPS) is 20.3. The molecule has 0 amide bonds. The van der Waals surface area contributed by atoms with Gasteiger partial charge in [-0.2, -0.15) is 0 Å². The minimum atomic E-state index is -1.35. The van der Waals surface area contributed by atoms with Gasteiger partial charge in [-0.1, -0.05) is 11.6 Å². The van der Waals surface area contributed by atoms with Gasteiger partial charge in [0.15, 0.2) is 0 Å². The summed E-state index contributed by atoms with van der Waals surface area (Å²) >= 11 is 6.43. The summed E-state index contributed by atoms with van der Waals surface area (Å²) in [4.78, 5) is 25.4. The number of pyridine rings is 1. The van der Waals surface area contributed by atoms with Crippen molar-refractivity contribution >= 4 is 34.2 Å². The standard InChI is InChI=1S/C16H17ClFN3O3/c1-3-20-5-9(16(23)24)15(22)8-4-10(18)14(12(17)13(8)20)21-6-11(19)7(21)2/h4-5,7,11H,3,6,19H2,1-2H3,(H,23,24). The lowest BCUT2D eigenvalue weighted by molar-refractivity contribution is 0.0695. The number of hydrogen-bond acceptors (Lipinski definition) is 4. The first-order valence-corrected chi connectivity index (χ1v) is 7.96. The van der Waals surface area contributed by atoms with E-state index in [2.05, 4.69) is 0 Å². The Bertz CT molecular complexity index is 912. The molecule has 6 nitrogen and oxygen atoms in total. The molecule has 1 fully saturated rings. The van der Waals surface area contributed by atoms with Gasteiger partial charge in [0.1, 0.15) is 11.4 Å². The first kappa shape index (κ1) is 16.7. The van der Waals surface area contributed by atoms with Gasteiger partial charge in [-0.3, -0.25) is 4.79 Å². The Hall–Kier alpha value is -2.12. The molecule has 2 unspecified atom stereocenters. The molecular formula is C16H17ClFN3O3. The molecule has 8 heteroatoms. The molecule has 2 atom stereocenters. The van der Waals surface area contributed by atoms with Crippen LogP contribution >= 0.6 is 11.6 Å². The Balaban J connectivity index is 2.35. The maximum Gasteiger partial charge on any atom is 0.341 e. The van der Waals surface area contributed by atoms with Crippen LogP contribution in [0.2, 0.25) is 5.02 Å². The highest BCUT2D eigenvalue weighted by Gasteiger charge is 2.36. The van der Waals surface area contributed by atoms with Crippen molar-refractivity contribution in [1.29, 1.82) is 0 Å². The minimum Gasteiger partial charge on any atom is -0.477 e. The minimum absolute atomic E-state index is 0.0412. The second-order valence-corrected chi connectivity index (χ2v) is 6.31. The summed E-state index contributed by atoms with van der Waals surface area (Å²) in [5.41, 5.74) is 5.24. The molecule has 2 heterocycles. The highest BCUT2D eigenvalue weighted by atomic mass is 35.5. The molecule has 128 valence electrons. The first-order valence-electron chi connectivity index (χ1n) is 7.58. The van der Waals surface area contributed by atoms with Crippen LogP contribution in [0.25, 0.3) is 10.9 Å². The maximum absolute atomic E-state index is 14.6. The van der Waals surface area contributed by atoms with Crippen molar-refractivity contribution in [2.75, 3.05) is 11.4 Å². The summed E-state index contributed by atoms with van der Waals surface area (Å²) in [5, 5.41) is 9.23. The lowest BCUT2D eigenvalue weighted by Gasteiger charge is -2.46. The van der Waals surface area contributed by atoms with E-state index < -0.39 is 22.8 Å². The summed E-state index contributed by atoms with van der Waals surface area (Å²) in [6.45, 7) is 4.51. The molecule has 0 radical (unpaired) electrons. The third-order valence-corrected chi connectivity index (χ3v) is 4.96. The van der Waals surface area contributed by atoms with E-state index in [-0.39, 0.29) is 28.2 Å². The number of carbonyl (C=O) groups is 1. The Morgan fingerprint density at radius 2 is 2.21 bits per heavy atom. The molecule has 0 saturated carbocycles. The second-order valence-electron chi connectivity index (χ2n) is 5.94. The SMILES string of the molecule is CCn1cc(C(=O)O)c(=O)c2cc(F)c(N3CC(N)C3C)c(Cl)c21. The van der Waals surface area contributed by atoms with Gasteiger partial charge in [0.25, 0.3) is 0 Å². The van der Waals surface area contributed by atoms with Crippen molar-refractivity contribution in [2.24, 2.45) is 5.73 Å². The highest BCUT2D eigenvalue weighted by Crippen LogP contribution is 2.39. The average molecular weight is 354 g/mol. The smallest absolute Gasteiger partial charge is 0.341 e. The fraction of sp³-hybridized carbons (Fsp3) is 0.375. The number of aryl methyl sites for hydroxylation is 1. The van der Waals surface area contributed by atoms with E-state index in [1.165, 1.54) is 6.20 Å². The fourth-order valence-electron chi connectivity index (χ4n) is 3.08. The van der Waals surface area contributed by atoms with Crippen molar-refractivity contribution in [3.63, 3.8) is 0 Å². The van der Waals surface area contributed by atoms with Gasteiger partial charge >= 0.3 is 5.97 Å². The number of halogens is 2. The van der Waals surface area contributed by atoms with E-state index in [1.807, 2.05) is 6.92 Å². The number of anilines is 1. The van der Waals surface area contributed by atoms with Crippen LogP contribution in [0.5, 0.6) is 0 Å². The Morgan fingerprint density at radius 3 is 2.71 bits per heavy atom. The highest BCUT2D eigenvalue weighted by molar-refractivity contribution is 6.38. The molecule has 0 aliphatic carbocycles. The van der Waals surface area contributed by atoms with Gasteiger partial charge in [0.2, 0.25) is 5.43 Å². The van der Waals surface area contributed by atoms with Gasteiger partial charge in [-0.05, 0) is 19.9 Å². The van der Waals surface area contributed by atoms with E-state index in [9.17, 15) is 19.1 Å². The lowest BCUT2D eigenvalue weighted by Crippen LogP contribution is -2.63. The van der Waals surface area contributed by atoms with E-state index in [4.69, 9.17) is 17.3 Å². The summed E-state index contributed by atoms with van der Waals surface area (Å²) in [7, 11) is 0. The molecule has 1 aromatic heterocycles. The van der Waals surface area contributed by atoms with Crippen LogP contribution < -0.4 is 16.1 Å². The van der Waals surface area contributed by atoms with E-state index in [0.717, 1.165) is 6.07 Å². The van der Waals surface area contributed by atoms with Crippen molar-refractivity contribution in [3.8, 4) is 0 Å². The van der Waals surface area contributed by atoms with Crippen LogP contribution in [0, 0.1) is 5.82 Å². The van der Waals surface area contributed by atoms with Crippen LogP contribution in [0.15, 0.2) is 17.1 Å². The van der Waals surface area contributed by atoms with Gasteiger partial charge in [-0.25, -0.2) is 9.18 Å². The van der Waals surface area contributed by atoms with Crippen molar-refractivity contribution < 1.29 is 14.3 Å². The molecule has 0 spiro atoms. The van der Waals surface area contributed by atoms with Crippen LogP contribution in [-0.4, -0.2) is 34.3 Å². The predicted octanol–water partition coefficient (Wildman–Crippen LogP) is 2.05. The summed E-state index contributed by atoms with van der Waals surface area (Å²) in [6, 6.07) is 0.919. The number of hydrogen-bond donors (Lipinski definition) is 2. The number of carboxylic acid groups (broad SMARTS) is 1. The van der Waals surface area contributed by atoms with Crippen LogP contribution in [-0.2, 0) is 6.54 Å². The zero-order chi connectivity index (χ0) is 17.8. The molecular weight excluding hydrogens is 337 g/mol. The van der Waals surface area contributed by atoms with E-state index in [1.54, 1.807) is 16.4 Å². The number of aromatic nitrogens is 1. The summed E-state index contributed by atoms with van der Waals surface area (Å²) in [5.74, 6) is -2.01. The zero-order valence-corrected chi connectivity index (χ0v) is 14.0. The number of nitrogens with two attached hydrogens (primary N) is 1. The monoisotopic (exact) mass is 353 g/mol. The van der Waals surface area contributed by atoms with Gasteiger partial charge in [-0.15, -0.1) is 0 Å². The van der Waals surface area contributed by atoms with Crippen molar-refractivity contribution in [3.05, 3.63) is 38.9 Å². The van der Waals surface area contributed by atoms with E-state index >= 15 is 0 Å². The number of rotatable bonds is 3. The van der Waals surface area contributed by atoms with E-state index in [0.29, 0.717) is 18.6 Å². The maximum atomic E-state index is 14.6. The molecule has 1 aliphatic heterocycles. The van der Waals surface area contributed by atoms with Crippen LogP contribution in [0.1, 0.15) is 24.2 Å². The molecule has 3 N–H and O–H groups in total. The predicted molar refractivity (Wildman–Crippen MR) is 90.6 cm³/mol. The number of fused-ring (bicyclic) bond motifs is 1. The Morgan fingerprint density at radius 1 is 1.54 bits per heavy atom. The Labute approximate surface area is 142 Å². The number of benzene rings is 1. The topological polar surface area (TPSA) is 88.6 Å². The second kappa shape index (κ2) is 5.75. The molecule has 24 heavy (non-hydrogen) atoms. The van der Waals surface area contributed by atoms with Crippen LogP contribution in [0.4, 0.5) is 10.1 Å². The fourth-order valence-corrected chi connectivity index (χ4v) is 3.48. The van der Waals surface area contributed by atoms with Crippen molar-refractivity contribution in [2.45, 2.75) is 32.5 Å². The lowest BCUT2D eigenvalue weighted by atomic mass is 9.97. The van der Waals surface area contributed by atoms with Gasteiger partial charge < -0.3 is 20.3 Å². The van der Waals surface area contributed by atoms with Gasteiger partial charge in [0, 0.05) is 31.4 Å². The zero-order valence-electron chi connectivity index (χ0n) is 13.2. The van der Waals surface area contributed by atoms with Crippen LogP contribution in [0.3, 0.4) is 0 Å². The summed E-state index contributed by atoms with van der Waals surface area (Å²) in [6.07, 6.45) is 1.24. The molecule has 0 bridgehead atoms. The Kier molecular flexibility index (Phi) is 4.01. The number of aromatic carboxylic acids is 1. The molecule has 1 aromatic carbocycles. The average Bonchev–Trinajstić information content (AvgIpc) is 2.54. The number of nitrogens with zero attached hydrogens (tertiary/aromatic N) is 2. The number of carboxylic acids is 1. The molecule has 1 aliphatic rings. The third kappa shape index (κ3) is 2.27. The summed E-state index contributed by atoms with van der Waals surface area (Å²) < 4.78 is 16.2. The van der Waals surface area contributed by atoms with Gasteiger partial charge in [0.05, 0.1) is 21.6 Å². The van der Waals surface area contributed by atoms with Crippen molar-refractivity contribution in [1.82, 2.24) is 4.57 Å². The third-order valence-electron chi connectivity index (χ3n) is 4.61. The molecule has 1 saturated heterocycles. The quantitative estimate of drug-likeness (QED) is 0.881. The first-order chi connectivity index (χ1) is 11.3.